The summed E-state index contributed by atoms with van der Waals surface area (Å²) in [6.45, 7) is 3.21. The predicted molar refractivity (Wildman–Crippen MR) is 120 cm³/mol. The number of nitrogens with one attached hydrogen (secondary N) is 1. The first kappa shape index (κ1) is 20.2. The Hall–Kier alpha value is -2.71. The van der Waals surface area contributed by atoms with Gasteiger partial charge in [-0.1, -0.05) is 11.6 Å². The second-order valence-electron chi connectivity index (χ2n) is 7.92. The van der Waals surface area contributed by atoms with Gasteiger partial charge in [-0.15, -0.1) is 0 Å². The van der Waals surface area contributed by atoms with Gasteiger partial charge in [0, 0.05) is 43.3 Å². The first-order valence-electron chi connectivity index (χ1n) is 10.7. The number of ether oxygens (including phenoxy) is 2. The van der Waals surface area contributed by atoms with Gasteiger partial charge >= 0.3 is 0 Å². The molecule has 1 saturated carbocycles. The maximum atomic E-state index is 6.48. The number of morpholine rings is 1. The fraction of sp³-hybridized carbons (Fsp3) is 0.455. The van der Waals surface area contributed by atoms with E-state index in [0.29, 0.717) is 16.9 Å². The van der Waals surface area contributed by atoms with Crippen molar-refractivity contribution in [2.45, 2.75) is 37.8 Å². The Kier molecular flexibility index (Phi) is 5.99. The first-order chi connectivity index (χ1) is 15.3. The van der Waals surface area contributed by atoms with Crippen molar-refractivity contribution in [3.8, 4) is 5.75 Å². The highest BCUT2D eigenvalue weighted by atomic mass is 35.5. The van der Waals surface area contributed by atoms with E-state index >= 15 is 0 Å². The number of hydrogen-bond acceptors (Lipinski definition) is 8. The number of nitrogens with zero attached hydrogens (tertiary/aromatic N) is 5. The lowest BCUT2D eigenvalue weighted by Crippen LogP contribution is -2.36. The van der Waals surface area contributed by atoms with Crippen molar-refractivity contribution in [2.24, 2.45) is 0 Å². The second kappa shape index (κ2) is 9.20. The maximum Gasteiger partial charge on any atom is 0.149 e. The summed E-state index contributed by atoms with van der Waals surface area (Å²) >= 11 is 6.18. The van der Waals surface area contributed by atoms with Crippen LogP contribution < -0.4 is 15.0 Å². The first-order valence-corrected chi connectivity index (χ1v) is 11.1. The van der Waals surface area contributed by atoms with Gasteiger partial charge in [-0.2, -0.15) is 0 Å². The number of rotatable bonds is 5. The molecule has 3 heterocycles. The van der Waals surface area contributed by atoms with Crippen LogP contribution in [0.3, 0.4) is 0 Å². The van der Waals surface area contributed by atoms with Crippen LogP contribution in [0.5, 0.6) is 5.75 Å². The molecule has 5 rings (SSSR count). The number of benzene rings is 1. The largest absolute Gasteiger partial charge is 0.488 e. The third-order valence-electron chi connectivity index (χ3n) is 5.88. The average molecular weight is 441 g/mol. The van der Waals surface area contributed by atoms with E-state index < -0.39 is 0 Å². The Morgan fingerprint density at radius 1 is 1.03 bits per heavy atom. The Morgan fingerprint density at radius 3 is 2.65 bits per heavy atom. The van der Waals surface area contributed by atoms with Crippen LogP contribution in [-0.4, -0.2) is 58.4 Å². The Morgan fingerprint density at radius 2 is 1.84 bits per heavy atom. The van der Waals surface area contributed by atoms with E-state index in [0.717, 1.165) is 74.5 Å². The zero-order chi connectivity index (χ0) is 21.0. The molecule has 0 amide bonds. The molecule has 8 nitrogen and oxygen atoms in total. The van der Waals surface area contributed by atoms with Gasteiger partial charge in [-0.25, -0.2) is 15.0 Å². The summed E-state index contributed by atoms with van der Waals surface area (Å²) in [6.07, 6.45) is 10.6. The highest BCUT2D eigenvalue weighted by Gasteiger charge is 2.25. The zero-order valence-corrected chi connectivity index (χ0v) is 18.0. The minimum absolute atomic E-state index is 0.143. The summed E-state index contributed by atoms with van der Waals surface area (Å²) in [5, 5.41) is 3.98. The lowest BCUT2D eigenvalue weighted by Gasteiger charge is -2.31. The zero-order valence-electron chi connectivity index (χ0n) is 17.2. The molecule has 1 saturated heterocycles. The normalized spacial score (nSPS) is 21.8. The average Bonchev–Trinajstić information content (AvgIpc) is 2.82. The standard InChI is InChI=1S/C22H25ClN6O2/c23-18-13-24-14-27-22(18)28-15-1-3-17(4-2-15)31-20-12-16(29-7-9-30-10-8-29)11-19-21(20)26-6-5-25-19/h5-6,11-15,17H,1-4,7-10H2,(H,24,27,28). The van der Waals surface area contributed by atoms with Crippen LogP contribution in [0.15, 0.2) is 37.1 Å². The molecule has 0 radical (unpaired) electrons. The van der Waals surface area contributed by atoms with E-state index in [1.165, 1.54) is 6.33 Å². The van der Waals surface area contributed by atoms with Crippen molar-refractivity contribution >= 4 is 34.1 Å². The van der Waals surface area contributed by atoms with Crippen molar-refractivity contribution in [3.05, 3.63) is 42.1 Å². The van der Waals surface area contributed by atoms with E-state index in [4.69, 9.17) is 21.1 Å². The molecule has 1 aliphatic heterocycles. The summed E-state index contributed by atoms with van der Waals surface area (Å²) in [4.78, 5) is 19.6. The molecule has 2 fully saturated rings. The molecule has 0 spiro atoms. The van der Waals surface area contributed by atoms with Crippen LogP contribution in [0.2, 0.25) is 5.02 Å². The Balaban J connectivity index is 1.28. The van der Waals surface area contributed by atoms with E-state index in [9.17, 15) is 0 Å². The van der Waals surface area contributed by atoms with Crippen LogP contribution in [0.4, 0.5) is 11.5 Å². The van der Waals surface area contributed by atoms with Crippen molar-refractivity contribution in [2.75, 3.05) is 36.5 Å². The van der Waals surface area contributed by atoms with Crippen LogP contribution in [-0.2, 0) is 4.74 Å². The number of hydrogen-bond donors (Lipinski definition) is 1. The molecule has 1 N–H and O–H groups in total. The van der Waals surface area contributed by atoms with E-state index in [1.807, 2.05) is 0 Å². The van der Waals surface area contributed by atoms with Gasteiger partial charge < -0.3 is 19.7 Å². The van der Waals surface area contributed by atoms with Crippen molar-refractivity contribution < 1.29 is 9.47 Å². The van der Waals surface area contributed by atoms with Gasteiger partial charge in [-0.3, -0.25) is 4.98 Å². The molecular weight excluding hydrogens is 416 g/mol. The third-order valence-corrected chi connectivity index (χ3v) is 6.15. The van der Waals surface area contributed by atoms with Gasteiger partial charge in [0.05, 0.1) is 31.0 Å². The van der Waals surface area contributed by atoms with E-state index in [2.05, 4.69) is 42.3 Å². The van der Waals surface area contributed by atoms with Crippen LogP contribution in [0, 0.1) is 0 Å². The molecule has 1 aliphatic carbocycles. The maximum absolute atomic E-state index is 6.48. The monoisotopic (exact) mass is 440 g/mol. The number of halogens is 1. The fourth-order valence-electron chi connectivity index (χ4n) is 4.24. The molecule has 2 aliphatic rings. The summed E-state index contributed by atoms with van der Waals surface area (Å²) in [7, 11) is 0. The molecule has 0 unspecified atom stereocenters. The van der Waals surface area contributed by atoms with Gasteiger partial charge in [-0.05, 0) is 31.7 Å². The second-order valence-corrected chi connectivity index (χ2v) is 8.33. The number of aromatic nitrogens is 4. The molecule has 0 atom stereocenters. The highest BCUT2D eigenvalue weighted by Crippen LogP contribution is 2.33. The van der Waals surface area contributed by atoms with Gasteiger partial charge in [0.15, 0.2) is 0 Å². The van der Waals surface area contributed by atoms with Crippen molar-refractivity contribution in [1.29, 1.82) is 0 Å². The summed E-state index contributed by atoms with van der Waals surface area (Å²) in [5.74, 6) is 1.50. The van der Waals surface area contributed by atoms with Gasteiger partial charge in [0.2, 0.25) is 0 Å². The predicted octanol–water partition coefficient (Wildman–Crippen LogP) is 3.71. The van der Waals surface area contributed by atoms with Crippen LogP contribution >= 0.6 is 11.6 Å². The molecule has 162 valence electrons. The highest BCUT2D eigenvalue weighted by molar-refractivity contribution is 6.32. The van der Waals surface area contributed by atoms with Gasteiger partial charge in [0.1, 0.15) is 28.4 Å². The SMILES string of the molecule is Clc1cncnc1NC1CCC(Oc2cc(N3CCOCC3)cc3nccnc23)CC1. The molecule has 2 aromatic heterocycles. The van der Waals surface area contributed by atoms with Crippen molar-refractivity contribution in [3.63, 3.8) is 0 Å². The van der Waals surface area contributed by atoms with E-state index in [-0.39, 0.29) is 6.10 Å². The van der Waals surface area contributed by atoms with Crippen LogP contribution in [0.25, 0.3) is 11.0 Å². The topological polar surface area (TPSA) is 85.3 Å². The Bertz CT molecular complexity index is 1040. The lowest BCUT2D eigenvalue weighted by molar-refractivity contribution is 0.122. The molecule has 1 aromatic carbocycles. The quantitative estimate of drug-likeness (QED) is 0.642. The summed E-state index contributed by atoms with van der Waals surface area (Å²) in [6, 6.07) is 4.52. The molecule has 9 heteroatoms. The summed E-state index contributed by atoms with van der Waals surface area (Å²) < 4.78 is 12.0. The van der Waals surface area contributed by atoms with Crippen molar-refractivity contribution in [1.82, 2.24) is 19.9 Å². The third kappa shape index (κ3) is 4.65. The van der Waals surface area contributed by atoms with Crippen LogP contribution in [0.1, 0.15) is 25.7 Å². The smallest absolute Gasteiger partial charge is 0.149 e. The minimum Gasteiger partial charge on any atom is -0.488 e. The Labute approximate surface area is 186 Å². The number of anilines is 2. The number of fused-ring (bicyclic) bond motifs is 1. The molecular formula is C22H25ClN6O2. The molecule has 0 bridgehead atoms. The van der Waals surface area contributed by atoms with Gasteiger partial charge in [0.25, 0.3) is 0 Å². The fourth-order valence-corrected chi connectivity index (χ4v) is 4.40. The minimum atomic E-state index is 0.143. The summed E-state index contributed by atoms with van der Waals surface area (Å²) in [5.41, 5.74) is 2.78. The lowest BCUT2D eigenvalue weighted by atomic mass is 9.93. The van der Waals surface area contributed by atoms with E-state index in [1.54, 1.807) is 18.6 Å². The molecule has 31 heavy (non-hydrogen) atoms. The molecule has 3 aromatic rings.